The lowest BCUT2D eigenvalue weighted by atomic mass is 10.0. The van der Waals surface area contributed by atoms with Crippen molar-refractivity contribution < 1.29 is 14.3 Å². The monoisotopic (exact) mass is 278 g/mol. The van der Waals surface area contributed by atoms with Gasteiger partial charge in [-0.05, 0) is 37.8 Å². The van der Waals surface area contributed by atoms with E-state index in [1.165, 1.54) is 11.1 Å². The van der Waals surface area contributed by atoms with E-state index >= 15 is 0 Å². The molecule has 0 aromatic heterocycles. The van der Waals surface area contributed by atoms with Crippen LogP contribution in [0, 0.1) is 0 Å². The second-order valence-electron chi connectivity index (χ2n) is 4.92. The molecule has 0 saturated carbocycles. The van der Waals surface area contributed by atoms with Crippen LogP contribution in [0.25, 0.3) is 0 Å². The Kier molecular flexibility index (Phi) is 7.13. The molecule has 112 valence electrons. The summed E-state index contributed by atoms with van der Waals surface area (Å²) in [5.74, 6) is 0.568. The van der Waals surface area contributed by atoms with Crippen LogP contribution in [0.1, 0.15) is 51.7 Å². The second kappa shape index (κ2) is 8.62. The van der Waals surface area contributed by atoms with Crippen molar-refractivity contribution in [2.45, 2.75) is 59.5 Å². The topological polar surface area (TPSA) is 35.5 Å². The fraction of sp³-hybridized carbons (Fsp3) is 0.588. The Hall–Kier alpha value is -1.51. The minimum Gasteiger partial charge on any atom is -0.478 e. The van der Waals surface area contributed by atoms with E-state index in [1.807, 2.05) is 0 Å². The lowest BCUT2D eigenvalue weighted by molar-refractivity contribution is -0.150. The molecule has 0 aliphatic heterocycles. The van der Waals surface area contributed by atoms with Crippen LogP contribution in [0.3, 0.4) is 0 Å². The third-order valence-corrected chi connectivity index (χ3v) is 3.13. The maximum absolute atomic E-state index is 11.7. The number of hydrogen-bond donors (Lipinski definition) is 0. The molecule has 1 rings (SSSR count). The first kappa shape index (κ1) is 16.5. The predicted molar refractivity (Wildman–Crippen MR) is 81.2 cm³/mol. The summed E-state index contributed by atoms with van der Waals surface area (Å²) in [6.07, 6.45) is 3.47. The molecule has 0 bridgehead atoms. The summed E-state index contributed by atoms with van der Waals surface area (Å²) in [6.45, 7) is 8.22. The summed E-state index contributed by atoms with van der Waals surface area (Å²) in [5.41, 5.74) is 2.35. The first-order valence-corrected chi connectivity index (χ1v) is 7.58. The first-order valence-electron chi connectivity index (χ1n) is 7.58. The van der Waals surface area contributed by atoms with Gasteiger partial charge in [-0.15, -0.1) is 0 Å². The molecule has 0 radical (unpaired) electrons. The number of benzene rings is 1. The van der Waals surface area contributed by atoms with Crippen LogP contribution < -0.4 is 4.74 Å². The third kappa shape index (κ3) is 4.55. The van der Waals surface area contributed by atoms with Crippen LogP contribution in [0.15, 0.2) is 18.2 Å². The Labute approximate surface area is 122 Å². The molecule has 1 aromatic rings. The zero-order valence-electron chi connectivity index (χ0n) is 13.1. The van der Waals surface area contributed by atoms with Gasteiger partial charge in [-0.1, -0.05) is 44.9 Å². The molecule has 0 amide bonds. The van der Waals surface area contributed by atoms with Gasteiger partial charge in [0.25, 0.3) is 0 Å². The zero-order valence-corrected chi connectivity index (χ0v) is 13.1. The van der Waals surface area contributed by atoms with E-state index in [2.05, 4.69) is 32.0 Å². The maximum atomic E-state index is 11.7. The van der Waals surface area contributed by atoms with Crippen molar-refractivity contribution in [2.75, 3.05) is 6.61 Å². The number of rotatable bonds is 8. The molecule has 0 aliphatic rings. The lowest BCUT2D eigenvalue weighted by Crippen LogP contribution is -2.27. The Morgan fingerprint density at radius 2 is 1.65 bits per heavy atom. The summed E-state index contributed by atoms with van der Waals surface area (Å²) < 4.78 is 10.9. The van der Waals surface area contributed by atoms with Crippen molar-refractivity contribution in [3.8, 4) is 5.75 Å². The zero-order chi connectivity index (χ0) is 15.0. The van der Waals surface area contributed by atoms with Crippen molar-refractivity contribution >= 4 is 5.97 Å². The van der Waals surface area contributed by atoms with Crippen LogP contribution in [-0.2, 0) is 22.4 Å². The fourth-order valence-electron chi connectivity index (χ4n) is 2.21. The third-order valence-electron chi connectivity index (χ3n) is 3.13. The van der Waals surface area contributed by atoms with Gasteiger partial charge in [0.05, 0.1) is 6.61 Å². The van der Waals surface area contributed by atoms with Crippen molar-refractivity contribution in [1.29, 1.82) is 0 Å². The minimum absolute atomic E-state index is 0.304. The smallest absolute Gasteiger partial charge is 0.347 e. The van der Waals surface area contributed by atoms with Crippen LogP contribution >= 0.6 is 0 Å². The molecule has 3 nitrogen and oxygen atoms in total. The summed E-state index contributed by atoms with van der Waals surface area (Å²) >= 11 is 0. The molecule has 0 heterocycles. The Balaban J connectivity index is 2.97. The standard InChI is InChI=1S/C17H26O3/c1-5-9-14-11-8-12-15(10-6-2)16(14)20-13(4)17(18)19-7-3/h8,11-13H,5-7,9-10H2,1-4H3/t13-/m0/s1. The highest BCUT2D eigenvalue weighted by Gasteiger charge is 2.19. The van der Waals surface area contributed by atoms with E-state index in [-0.39, 0.29) is 5.97 Å². The van der Waals surface area contributed by atoms with Gasteiger partial charge >= 0.3 is 5.97 Å². The Morgan fingerprint density at radius 1 is 1.10 bits per heavy atom. The molecular formula is C17H26O3. The molecular weight excluding hydrogens is 252 g/mol. The number of aryl methyl sites for hydroxylation is 2. The lowest BCUT2D eigenvalue weighted by Gasteiger charge is -2.19. The van der Waals surface area contributed by atoms with E-state index in [0.29, 0.717) is 6.61 Å². The quantitative estimate of drug-likeness (QED) is 0.676. The molecule has 0 unspecified atom stereocenters. The van der Waals surface area contributed by atoms with Crippen LogP contribution in [0.5, 0.6) is 5.75 Å². The highest BCUT2D eigenvalue weighted by atomic mass is 16.6. The summed E-state index contributed by atoms with van der Waals surface area (Å²) in [7, 11) is 0. The van der Waals surface area contributed by atoms with E-state index < -0.39 is 6.10 Å². The largest absolute Gasteiger partial charge is 0.478 e. The molecule has 0 N–H and O–H groups in total. The van der Waals surface area contributed by atoms with Crippen molar-refractivity contribution in [3.63, 3.8) is 0 Å². The SMILES string of the molecule is CCCc1cccc(CCC)c1O[C@@H](C)C(=O)OCC. The number of para-hydroxylation sites is 1. The number of esters is 1. The van der Waals surface area contributed by atoms with Crippen molar-refractivity contribution in [2.24, 2.45) is 0 Å². The Morgan fingerprint density at radius 3 is 2.10 bits per heavy atom. The van der Waals surface area contributed by atoms with Gasteiger partial charge < -0.3 is 9.47 Å². The van der Waals surface area contributed by atoms with Gasteiger partial charge in [-0.2, -0.15) is 0 Å². The molecule has 20 heavy (non-hydrogen) atoms. The second-order valence-corrected chi connectivity index (χ2v) is 4.92. The molecule has 0 aliphatic carbocycles. The van der Waals surface area contributed by atoms with Gasteiger partial charge in [-0.3, -0.25) is 0 Å². The molecule has 0 saturated heterocycles. The highest BCUT2D eigenvalue weighted by molar-refractivity contribution is 5.74. The van der Waals surface area contributed by atoms with Gasteiger partial charge in [0.1, 0.15) is 5.75 Å². The Bertz CT molecular complexity index is 402. The maximum Gasteiger partial charge on any atom is 0.347 e. The van der Waals surface area contributed by atoms with Gasteiger partial charge in [0.15, 0.2) is 6.10 Å². The van der Waals surface area contributed by atoms with Gasteiger partial charge in [-0.25, -0.2) is 4.79 Å². The number of carbonyl (C=O) groups is 1. The number of hydrogen-bond acceptors (Lipinski definition) is 3. The van der Waals surface area contributed by atoms with Crippen LogP contribution in [-0.4, -0.2) is 18.7 Å². The molecule has 1 atom stereocenters. The average molecular weight is 278 g/mol. The molecule has 0 fully saturated rings. The van der Waals surface area contributed by atoms with Crippen molar-refractivity contribution in [3.05, 3.63) is 29.3 Å². The van der Waals surface area contributed by atoms with E-state index in [0.717, 1.165) is 31.4 Å². The summed E-state index contributed by atoms with van der Waals surface area (Å²) in [4.78, 5) is 11.7. The molecule has 1 aromatic carbocycles. The average Bonchev–Trinajstić information content (AvgIpc) is 2.43. The highest BCUT2D eigenvalue weighted by Crippen LogP contribution is 2.28. The first-order chi connectivity index (χ1) is 9.63. The van der Waals surface area contributed by atoms with Gasteiger partial charge in [0, 0.05) is 0 Å². The van der Waals surface area contributed by atoms with Crippen LogP contribution in [0.4, 0.5) is 0 Å². The van der Waals surface area contributed by atoms with Gasteiger partial charge in [0.2, 0.25) is 0 Å². The van der Waals surface area contributed by atoms with E-state index in [9.17, 15) is 4.79 Å². The minimum atomic E-state index is -0.566. The predicted octanol–water partition coefficient (Wildman–Crippen LogP) is 3.92. The van der Waals surface area contributed by atoms with Crippen LogP contribution in [0.2, 0.25) is 0 Å². The normalized spacial score (nSPS) is 12.0. The summed E-state index contributed by atoms with van der Waals surface area (Å²) in [5, 5.41) is 0. The van der Waals surface area contributed by atoms with E-state index in [4.69, 9.17) is 9.47 Å². The number of carbonyl (C=O) groups excluding carboxylic acids is 1. The number of ether oxygens (including phenoxy) is 2. The van der Waals surface area contributed by atoms with Crippen molar-refractivity contribution in [1.82, 2.24) is 0 Å². The fourth-order valence-corrected chi connectivity index (χ4v) is 2.21. The summed E-state index contributed by atoms with van der Waals surface area (Å²) in [6, 6.07) is 6.23. The molecule has 0 spiro atoms. The molecule has 3 heteroatoms. The van der Waals surface area contributed by atoms with E-state index in [1.54, 1.807) is 13.8 Å².